The first-order chi connectivity index (χ1) is 10.2. The van der Waals surface area contributed by atoms with Crippen molar-refractivity contribution >= 4 is 35.2 Å². The van der Waals surface area contributed by atoms with Crippen LogP contribution in [-0.2, 0) is 0 Å². The van der Waals surface area contributed by atoms with Gasteiger partial charge in [0, 0.05) is 12.3 Å². The van der Waals surface area contributed by atoms with Crippen LogP contribution in [0, 0.1) is 10.1 Å². The van der Waals surface area contributed by atoms with Crippen LogP contribution in [0.1, 0.15) is 15.2 Å². The molecule has 0 saturated heterocycles. The van der Waals surface area contributed by atoms with Crippen molar-refractivity contribution in [2.75, 3.05) is 0 Å². The van der Waals surface area contributed by atoms with Gasteiger partial charge in [-0.25, -0.2) is 5.43 Å². The van der Waals surface area contributed by atoms with E-state index in [2.05, 4.69) is 10.5 Å². The quantitative estimate of drug-likeness (QED) is 0.523. The fourth-order valence-corrected chi connectivity index (χ4v) is 2.16. The Kier molecular flexibility index (Phi) is 4.94. The molecule has 6 nitrogen and oxygen atoms in total. The lowest BCUT2D eigenvalue weighted by atomic mass is 10.2. The molecule has 1 amide bonds. The number of para-hydroxylation sites is 1. The highest BCUT2D eigenvalue weighted by Crippen LogP contribution is 2.18. The molecule has 0 fully saturated rings. The van der Waals surface area contributed by atoms with E-state index < -0.39 is 4.92 Å². The van der Waals surface area contributed by atoms with Gasteiger partial charge in [-0.05, 0) is 29.7 Å². The molecule has 0 saturated carbocycles. The highest BCUT2D eigenvalue weighted by molar-refractivity contribution is 7.12. The van der Waals surface area contributed by atoms with Crippen LogP contribution in [0.4, 0.5) is 5.69 Å². The second-order valence-electron chi connectivity index (χ2n) is 3.87. The highest BCUT2D eigenvalue weighted by atomic mass is 32.1. The van der Waals surface area contributed by atoms with Crippen molar-refractivity contribution < 1.29 is 9.72 Å². The molecule has 0 aliphatic rings. The van der Waals surface area contributed by atoms with Crippen LogP contribution in [0.3, 0.4) is 0 Å². The molecule has 0 atom stereocenters. The highest BCUT2D eigenvalue weighted by Gasteiger charge is 2.08. The molecule has 1 heterocycles. The number of nitrogens with one attached hydrogen (secondary N) is 1. The van der Waals surface area contributed by atoms with Gasteiger partial charge in [-0.2, -0.15) is 5.10 Å². The molecule has 106 valence electrons. The van der Waals surface area contributed by atoms with Crippen molar-refractivity contribution in [1.29, 1.82) is 0 Å². The number of allylic oxidation sites excluding steroid dienone is 1. The van der Waals surface area contributed by atoms with Crippen LogP contribution >= 0.6 is 11.3 Å². The Morgan fingerprint density at radius 3 is 2.81 bits per heavy atom. The van der Waals surface area contributed by atoms with E-state index in [0.29, 0.717) is 10.4 Å². The van der Waals surface area contributed by atoms with E-state index >= 15 is 0 Å². The van der Waals surface area contributed by atoms with Crippen molar-refractivity contribution in [3.8, 4) is 0 Å². The van der Waals surface area contributed by atoms with E-state index in [0.717, 1.165) is 0 Å². The maximum atomic E-state index is 11.6. The third-order valence-corrected chi connectivity index (χ3v) is 3.35. The molecule has 2 rings (SSSR count). The van der Waals surface area contributed by atoms with Gasteiger partial charge in [0.05, 0.1) is 15.4 Å². The summed E-state index contributed by atoms with van der Waals surface area (Å²) in [6, 6.07) is 9.84. The molecule has 0 spiro atoms. The summed E-state index contributed by atoms with van der Waals surface area (Å²) in [4.78, 5) is 22.5. The largest absolute Gasteiger partial charge is 0.281 e. The molecule has 2 aromatic rings. The molecule has 0 unspecified atom stereocenters. The van der Waals surface area contributed by atoms with E-state index in [1.54, 1.807) is 41.8 Å². The number of hydrazone groups is 1. The van der Waals surface area contributed by atoms with E-state index in [1.807, 2.05) is 0 Å². The summed E-state index contributed by atoms with van der Waals surface area (Å²) >= 11 is 1.32. The fourth-order valence-electron chi connectivity index (χ4n) is 1.54. The first kappa shape index (κ1) is 14.6. The zero-order valence-corrected chi connectivity index (χ0v) is 11.6. The van der Waals surface area contributed by atoms with Gasteiger partial charge in [-0.3, -0.25) is 14.9 Å². The first-order valence-electron chi connectivity index (χ1n) is 5.95. The summed E-state index contributed by atoms with van der Waals surface area (Å²) in [5, 5.41) is 16.4. The molecule has 1 aromatic carbocycles. The summed E-state index contributed by atoms with van der Waals surface area (Å²) in [6.07, 6.45) is 4.44. The summed E-state index contributed by atoms with van der Waals surface area (Å²) in [5.41, 5.74) is 2.85. The number of hydrogen-bond donors (Lipinski definition) is 1. The molecule has 1 aromatic heterocycles. The smallest absolute Gasteiger partial charge is 0.266 e. The average molecular weight is 301 g/mol. The van der Waals surface area contributed by atoms with Crippen LogP contribution in [0.15, 0.2) is 53.0 Å². The number of nitrogens with zero attached hydrogens (tertiary/aromatic N) is 2. The Bertz CT molecular complexity index is 693. The van der Waals surface area contributed by atoms with E-state index in [4.69, 9.17) is 0 Å². The maximum absolute atomic E-state index is 11.6. The number of nitro groups is 1. The van der Waals surface area contributed by atoms with Gasteiger partial charge >= 0.3 is 0 Å². The topological polar surface area (TPSA) is 84.6 Å². The predicted molar refractivity (Wildman–Crippen MR) is 82.4 cm³/mol. The lowest BCUT2D eigenvalue weighted by Crippen LogP contribution is -2.15. The van der Waals surface area contributed by atoms with Crippen LogP contribution in [-0.4, -0.2) is 17.0 Å². The molecule has 0 aliphatic carbocycles. The van der Waals surface area contributed by atoms with E-state index in [9.17, 15) is 14.9 Å². The summed E-state index contributed by atoms with van der Waals surface area (Å²) in [7, 11) is 0. The predicted octanol–water partition coefficient (Wildman–Crippen LogP) is 3.09. The van der Waals surface area contributed by atoms with E-state index in [-0.39, 0.29) is 11.6 Å². The number of rotatable bonds is 5. The van der Waals surface area contributed by atoms with Gasteiger partial charge in [0.25, 0.3) is 11.6 Å². The van der Waals surface area contributed by atoms with Crippen molar-refractivity contribution in [2.45, 2.75) is 0 Å². The van der Waals surface area contributed by atoms with Crippen molar-refractivity contribution in [1.82, 2.24) is 5.43 Å². The van der Waals surface area contributed by atoms with Gasteiger partial charge in [0.1, 0.15) is 0 Å². The molecule has 21 heavy (non-hydrogen) atoms. The van der Waals surface area contributed by atoms with Crippen molar-refractivity contribution in [3.63, 3.8) is 0 Å². The molecule has 0 aliphatic heterocycles. The Morgan fingerprint density at radius 1 is 1.29 bits per heavy atom. The second kappa shape index (κ2) is 7.11. The Hall–Kier alpha value is -2.80. The SMILES string of the molecule is O=C(N/N=C\C=C\c1ccccc1[N+](=O)[O-])c1cccs1. The fraction of sp³-hybridized carbons (Fsp3) is 0. The van der Waals surface area contributed by atoms with Crippen LogP contribution in [0.2, 0.25) is 0 Å². The lowest BCUT2D eigenvalue weighted by Gasteiger charge is -1.95. The van der Waals surface area contributed by atoms with Gasteiger partial charge in [0.15, 0.2) is 0 Å². The number of benzene rings is 1. The minimum absolute atomic E-state index is 0.0183. The lowest BCUT2D eigenvalue weighted by molar-refractivity contribution is -0.385. The number of thiophene rings is 1. The number of hydrogen-bond acceptors (Lipinski definition) is 5. The molecule has 1 N–H and O–H groups in total. The van der Waals surface area contributed by atoms with Gasteiger partial charge in [0.2, 0.25) is 0 Å². The third kappa shape index (κ3) is 4.08. The molecular formula is C14H11N3O3S. The Morgan fingerprint density at radius 2 is 2.10 bits per heavy atom. The molecule has 0 bridgehead atoms. The second-order valence-corrected chi connectivity index (χ2v) is 4.82. The normalized spacial score (nSPS) is 11.0. The van der Waals surface area contributed by atoms with E-state index in [1.165, 1.54) is 29.7 Å². The number of nitro benzene ring substituents is 1. The molecule has 0 radical (unpaired) electrons. The Labute approximate surface area is 124 Å². The first-order valence-corrected chi connectivity index (χ1v) is 6.83. The monoisotopic (exact) mass is 301 g/mol. The maximum Gasteiger partial charge on any atom is 0.281 e. The third-order valence-electron chi connectivity index (χ3n) is 2.48. The number of carbonyl (C=O) groups excluding carboxylic acids is 1. The van der Waals surface area contributed by atoms with Gasteiger partial charge in [-0.15, -0.1) is 11.3 Å². The van der Waals surface area contributed by atoms with Crippen LogP contribution < -0.4 is 5.43 Å². The zero-order valence-electron chi connectivity index (χ0n) is 10.8. The minimum atomic E-state index is -0.449. The van der Waals surface area contributed by atoms with Crippen molar-refractivity contribution in [2.24, 2.45) is 5.10 Å². The minimum Gasteiger partial charge on any atom is -0.266 e. The molecule has 7 heteroatoms. The standard InChI is InChI=1S/C14H11N3O3S/c18-14(13-8-4-10-21-13)16-15-9-3-6-11-5-1-2-7-12(11)17(19)20/h1-10H,(H,16,18)/b6-3+,15-9-. The van der Waals surface area contributed by atoms with Gasteiger partial charge in [-0.1, -0.05) is 18.2 Å². The van der Waals surface area contributed by atoms with Crippen LogP contribution in [0.25, 0.3) is 6.08 Å². The summed E-state index contributed by atoms with van der Waals surface area (Å²) in [5.74, 6) is -0.291. The van der Waals surface area contributed by atoms with Gasteiger partial charge < -0.3 is 0 Å². The Balaban J connectivity index is 1.95. The number of carbonyl (C=O) groups is 1. The summed E-state index contributed by atoms with van der Waals surface area (Å²) < 4.78 is 0. The number of amides is 1. The molecular weight excluding hydrogens is 290 g/mol. The zero-order chi connectivity index (χ0) is 15.1. The average Bonchev–Trinajstić information content (AvgIpc) is 3.01. The van der Waals surface area contributed by atoms with Crippen molar-refractivity contribution in [3.05, 3.63) is 68.4 Å². The summed E-state index contributed by atoms with van der Waals surface area (Å²) in [6.45, 7) is 0. The van der Waals surface area contributed by atoms with Crippen LogP contribution in [0.5, 0.6) is 0 Å².